The molecule has 90 valence electrons. The number of para-hydroxylation sites is 1. The largest absolute Gasteiger partial charge is 0.494 e. The van der Waals surface area contributed by atoms with E-state index in [1.54, 1.807) is 14.0 Å². The molecule has 3 aromatic rings. The number of fused-ring (bicyclic) bond motifs is 2. The van der Waals surface area contributed by atoms with Crippen LogP contribution in [0.25, 0.3) is 21.9 Å². The average molecular weight is 240 g/mol. The Hall–Kier alpha value is -2.43. The number of nitrogens with two attached hydrogens (primary N) is 1. The number of nitrogen functional groups attached to an aromatic ring is 1. The molecule has 0 spiro atoms. The normalized spacial score (nSPS) is 11.0. The summed E-state index contributed by atoms with van der Waals surface area (Å²) in [6.45, 7) is 1.80. The molecule has 0 fully saturated rings. The van der Waals surface area contributed by atoms with Crippen LogP contribution in [0.2, 0.25) is 0 Å². The molecule has 0 atom stereocenters. The van der Waals surface area contributed by atoms with Crippen molar-refractivity contribution >= 4 is 27.8 Å². The highest BCUT2D eigenvalue weighted by molar-refractivity contribution is 5.97. The summed E-state index contributed by atoms with van der Waals surface area (Å²) in [7, 11) is 1.63. The molecule has 0 saturated carbocycles. The molecule has 0 amide bonds. The number of pyridine rings is 1. The molecule has 18 heavy (non-hydrogen) atoms. The lowest BCUT2D eigenvalue weighted by Gasteiger charge is -2.07. The third kappa shape index (κ3) is 1.52. The van der Waals surface area contributed by atoms with E-state index in [-0.39, 0.29) is 0 Å². The van der Waals surface area contributed by atoms with Crippen molar-refractivity contribution in [3.63, 3.8) is 0 Å². The number of hydrogen-bond donors (Lipinski definition) is 1. The van der Waals surface area contributed by atoms with Gasteiger partial charge >= 0.3 is 0 Å². The molecule has 0 saturated heterocycles. The Morgan fingerprint density at radius 1 is 1.17 bits per heavy atom. The van der Waals surface area contributed by atoms with Gasteiger partial charge in [0.2, 0.25) is 0 Å². The first-order valence-corrected chi connectivity index (χ1v) is 5.56. The van der Waals surface area contributed by atoms with Gasteiger partial charge in [-0.3, -0.25) is 0 Å². The van der Waals surface area contributed by atoms with E-state index in [9.17, 15) is 0 Å². The van der Waals surface area contributed by atoms with Crippen LogP contribution in [0.4, 0.5) is 5.82 Å². The van der Waals surface area contributed by atoms with Gasteiger partial charge in [-0.15, -0.1) is 0 Å². The van der Waals surface area contributed by atoms with E-state index in [2.05, 4.69) is 15.0 Å². The molecule has 2 aromatic heterocycles. The minimum atomic E-state index is 0.453. The van der Waals surface area contributed by atoms with Crippen LogP contribution in [0.5, 0.6) is 5.75 Å². The first kappa shape index (κ1) is 10.7. The predicted octanol–water partition coefficient (Wildman–Crippen LogP) is 2.08. The number of methoxy groups -OCH3 is 1. The maximum absolute atomic E-state index is 5.90. The summed E-state index contributed by atoms with van der Waals surface area (Å²) < 4.78 is 5.30. The lowest BCUT2D eigenvalue weighted by atomic mass is 10.1. The minimum Gasteiger partial charge on any atom is -0.494 e. The van der Waals surface area contributed by atoms with Crippen LogP contribution in [-0.4, -0.2) is 22.1 Å². The van der Waals surface area contributed by atoms with Crippen molar-refractivity contribution in [3.05, 3.63) is 30.1 Å². The second-order valence-electron chi connectivity index (χ2n) is 4.05. The number of aryl methyl sites for hydroxylation is 1. The van der Waals surface area contributed by atoms with Gasteiger partial charge in [0.25, 0.3) is 0 Å². The minimum absolute atomic E-state index is 0.453. The lowest BCUT2D eigenvalue weighted by molar-refractivity contribution is 0.419. The molecule has 0 radical (unpaired) electrons. The first-order chi connectivity index (χ1) is 8.69. The highest BCUT2D eigenvalue weighted by Crippen LogP contribution is 2.27. The molecule has 0 aliphatic heterocycles. The zero-order valence-corrected chi connectivity index (χ0v) is 10.1. The van der Waals surface area contributed by atoms with Gasteiger partial charge in [-0.25, -0.2) is 15.0 Å². The zero-order chi connectivity index (χ0) is 12.7. The third-order valence-corrected chi connectivity index (χ3v) is 2.83. The molecular formula is C13H12N4O. The number of anilines is 1. The molecular weight excluding hydrogens is 228 g/mol. The van der Waals surface area contributed by atoms with Crippen molar-refractivity contribution in [2.75, 3.05) is 12.8 Å². The van der Waals surface area contributed by atoms with Crippen molar-refractivity contribution in [1.82, 2.24) is 15.0 Å². The summed E-state index contributed by atoms with van der Waals surface area (Å²) in [5, 5.41) is 1.72. The van der Waals surface area contributed by atoms with Gasteiger partial charge in [-0.05, 0) is 19.1 Å². The third-order valence-electron chi connectivity index (χ3n) is 2.83. The first-order valence-electron chi connectivity index (χ1n) is 5.56. The monoisotopic (exact) mass is 240 g/mol. The Morgan fingerprint density at radius 2 is 2.00 bits per heavy atom. The Kier molecular flexibility index (Phi) is 2.26. The molecule has 0 bridgehead atoms. The van der Waals surface area contributed by atoms with E-state index in [0.29, 0.717) is 17.3 Å². The Labute approximate surface area is 104 Å². The summed E-state index contributed by atoms with van der Waals surface area (Å²) in [5.41, 5.74) is 7.27. The lowest BCUT2D eigenvalue weighted by Crippen LogP contribution is -1.99. The van der Waals surface area contributed by atoms with Crippen LogP contribution in [0, 0.1) is 6.92 Å². The quantitative estimate of drug-likeness (QED) is 0.659. The Morgan fingerprint density at radius 3 is 2.78 bits per heavy atom. The molecule has 5 heteroatoms. The van der Waals surface area contributed by atoms with Crippen molar-refractivity contribution in [2.24, 2.45) is 0 Å². The van der Waals surface area contributed by atoms with Crippen LogP contribution < -0.4 is 10.5 Å². The summed E-state index contributed by atoms with van der Waals surface area (Å²) in [5.74, 6) is 1.79. The fraction of sp³-hybridized carbons (Fsp3) is 0.154. The average Bonchev–Trinajstić information content (AvgIpc) is 2.36. The van der Waals surface area contributed by atoms with Crippen LogP contribution in [-0.2, 0) is 0 Å². The number of benzene rings is 1. The van der Waals surface area contributed by atoms with E-state index in [1.807, 2.05) is 24.3 Å². The summed E-state index contributed by atoms with van der Waals surface area (Å²) in [4.78, 5) is 13.0. The fourth-order valence-electron chi connectivity index (χ4n) is 2.01. The molecule has 0 unspecified atom stereocenters. The highest BCUT2D eigenvalue weighted by Gasteiger charge is 2.09. The topological polar surface area (TPSA) is 73.9 Å². The van der Waals surface area contributed by atoms with Crippen molar-refractivity contribution in [1.29, 1.82) is 0 Å². The number of rotatable bonds is 1. The van der Waals surface area contributed by atoms with Crippen molar-refractivity contribution < 1.29 is 4.74 Å². The summed E-state index contributed by atoms with van der Waals surface area (Å²) in [6.07, 6.45) is 0. The Bertz CT molecular complexity index is 755. The highest BCUT2D eigenvalue weighted by atomic mass is 16.5. The van der Waals surface area contributed by atoms with E-state index in [1.165, 1.54) is 0 Å². The number of hydrogen-bond acceptors (Lipinski definition) is 5. The van der Waals surface area contributed by atoms with Gasteiger partial charge in [-0.1, -0.05) is 12.1 Å². The van der Waals surface area contributed by atoms with Gasteiger partial charge in [0.15, 0.2) is 5.65 Å². The Balaban J connectivity index is 2.47. The van der Waals surface area contributed by atoms with Crippen LogP contribution in [0.3, 0.4) is 0 Å². The van der Waals surface area contributed by atoms with Gasteiger partial charge in [0.1, 0.15) is 22.9 Å². The van der Waals surface area contributed by atoms with Gasteiger partial charge in [-0.2, -0.15) is 0 Å². The molecule has 2 N–H and O–H groups in total. The summed E-state index contributed by atoms with van der Waals surface area (Å²) in [6, 6.07) is 7.69. The molecule has 2 heterocycles. The van der Waals surface area contributed by atoms with Crippen LogP contribution >= 0.6 is 0 Å². The molecule has 5 nitrogen and oxygen atoms in total. The maximum atomic E-state index is 5.90. The van der Waals surface area contributed by atoms with E-state index in [4.69, 9.17) is 10.5 Å². The number of nitrogens with zero attached hydrogens (tertiary/aromatic N) is 3. The molecule has 1 aromatic carbocycles. The standard InChI is InChI=1S/C13H12N4O/c1-7-15-12(14)9-6-8-4-3-5-10(18-2)11(8)17-13(9)16-7/h3-6H,1-2H3,(H2,14,15,16,17). The van der Waals surface area contributed by atoms with Crippen LogP contribution in [0.15, 0.2) is 24.3 Å². The van der Waals surface area contributed by atoms with Crippen LogP contribution in [0.1, 0.15) is 5.82 Å². The predicted molar refractivity (Wildman–Crippen MR) is 70.5 cm³/mol. The van der Waals surface area contributed by atoms with Crippen molar-refractivity contribution in [3.8, 4) is 5.75 Å². The second-order valence-corrected chi connectivity index (χ2v) is 4.05. The van der Waals surface area contributed by atoms with E-state index >= 15 is 0 Å². The maximum Gasteiger partial charge on any atom is 0.165 e. The smallest absolute Gasteiger partial charge is 0.165 e. The molecule has 3 rings (SSSR count). The number of aromatic nitrogens is 3. The zero-order valence-electron chi connectivity index (χ0n) is 10.1. The van der Waals surface area contributed by atoms with Gasteiger partial charge in [0.05, 0.1) is 12.5 Å². The van der Waals surface area contributed by atoms with Gasteiger partial charge < -0.3 is 10.5 Å². The number of ether oxygens (including phenoxy) is 1. The van der Waals surface area contributed by atoms with E-state index in [0.717, 1.165) is 22.0 Å². The summed E-state index contributed by atoms with van der Waals surface area (Å²) >= 11 is 0. The van der Waals surface area contributed by atoms with Crippen molar-refractivity contribution in [2.45, 2.75) is 6.92 Å². The SMILES string of the molecule is COc1cccc2cc3c(N)nc(C)nc3nc12. The fourth-order valence-corrected chi connectivity index (χ4v) is 2.01. The molecule has 0 aliphatic carbocycles. The second kappa shape index (κ2) is 3.80. The van der Waals surface area contributed by atoms with Gasteiger partial charge in [0, 0.05) is 5.39 Å². The van der Waals surface area contributed by atoms with E-state index < -0.39 is 0 Å². The molecule has 0 aliphatic rings.